The van der Waals surface area contributed by atoms with E-state index >= 15 is 0 Å². The number of pyridine rings is 1. The summed E-state index contributed by atoms with van der Waals surface area (Å²) in [5.41, 5.74) is 1.33. The van der Waals surface area contributed by atoms with Crippen molar-refractivity contribution in [3.63, 3.8) is 0 Å². The molecule has 9 heteroatoms. The van der Waals surface area contributed by atoms with Crippen molar-refractivity contribution in [3.05, 3.63) is 51.4 Å². The topological polar surface area (TPSA) is 117 Å². The molecule has 190 valence electrons. The molecule has 0 spiro atoms. The fraction of sp³-hybridized carbons (Fsp3) is 0.538. The number of hydrogen-bond donors (Lipinski definition) is 1. The van der Waals surface area contributed by atoms with E-state index in [4.69, 9.17) is 0 Å². The van der Waals surface area contributed by atoms with Crippen LogP contribution in [0.5, 0.6) is 0 Å². The molecule has 0 radical (unpaired) electrons. The van der Waals surface area contributed by atoms with Crippen LogP contribution in [0.15, 0.2) is 44.2 Å². The highest BCUT2D eigenvalue weighted by molar-refractivity contribution is 7.89. The van der Waals surface area contributed by atoms with E-state index in [0.29, 0.717) is 30.0 Å². The van der Waals surface area contributed by atoms with Gasteiger partial charge in [-0.15, -0.1) is 10.2 Å². The second-order valence-electron chi connectivity index (χ2n) is 8.79. The molecule has 35 heavy (non-hydrogen) atoms. The summed E-state index contributed by atoms with van der Waals surface area (Å²) >= 11 is 0. The van der Waals surface area contributed by atoms with E-state index in [1.54, 1.807) is 36.6 Å². The van der Waals surface area contributed by atoms with Gasteiger partial charge < -0.3 is 4.57 Å². The first-order chi connectivity index (χ1) is 16.7. The molecule has 1 atom stereocenters. The number of nitriles is 1. The van der Waals surface area contributed by atoms with E-state index in [1.165, 1.54) is 6.07 Å². The zero-order valence-corrected chi connectivity index (χ0v) is 22.3. The number of sulfonamides is 1. The number of nitrogens with one attached hydrogen (secondary N) is 1. The molecule has 2 aromatic rings. The third-order valence-corrected chi connectivity index (χ3v) is 7.77. The highest BCUT2D eigenvalue weighted by Gasteiger charge is 2.21. The first-order valence-corrected chi connectivity index (χ1v) is 13.8. The number of aromatic nitrogens is 1. The quantitative estimate of drug-likeness (QED) is 0.338. The monoisotopic (exact) mass is 499 g/mol. The number of unbranched alkanes of at least 4 members (excludes halogenated alkanes) is 2. The summed E-state index contributed by atoms with van der Waals surface area (Å²) in [6.45, 7) is 10.5. The van der Waals surface area contributed by atoms with Gasteiger partial charge in [0.15, 0.2) is 0 Å². The molecule has 0 amide bonds. The maximum Gasteiger partial charge on any atom is 0.269 e. The summed E-state index contributed by atoms with van der Waals surface area (Å²) in [5.74, 6) is 0.275. The Morgan fingerprint density at radius 2 is 1.77 bits per heavy atom. The predicted octanol–water partition coefficient (Wildman–Crippen LogP) is 6.05. The van der Waals surface area contributed by atoms with E-state index in [-0.39, 0.29) is 27.6 Å². The minimum Gasteiger partial charge on any atom is -0.310 e. The Morgan fingerprint density at radius 3 is 2.40 bits per heavy atom. The average Bonchev–Trinajstić information content (AvgIpc) is 2.84. The fourth-order valence-corrected chi connectivity index (χ4v) is 5.20. The third kappa shape index (κ3) is 7.09. The zero-order valence-electron chi connectivity index (χ0n) is 21.5. The molecule has 1 N–H and O–H groups in total. The minimum absolute atomic E-state index is 0.0286. The summed E-state index contributed by atoms with van der Waals surface area (Å²) in [6.07, 6.45) is 5.70. The van der Waals surface area contributed by atoms with Crippen molar-refractivity contribution in [3.8, 4) is 6.07 Å². The lowest BCUT2D eigenvalue weighted by Crippen LogP contribution is -2.29. The molecule has 0 aliphatic carbocycles. The fourth-order valence-electron chi connectivity index (χ4n) is 3.95. The van der Waals surface area contributed by atoms with Crippen LogP contribution in [0.4, 0.5) is 11.4 Å². The Kier molecular flexibility index (Phi) is 10.8. The summed E-state index contributed by atoms with van der Waals surface area (Å²) in [4.78, 5) is 12.8. The van der Waals surface area contributed by atoms with Gasteiger partial charge >= 0.3 is 0 Å². The Balaban J connectivity index is 2.44. The summed E-state index contributed by atoms with van der Waals surface area (Å²) in [6, 6.07) is 8.44. The first kappa shape index (κ1) is 28.4. The summed E-state index contributed by atoms with van der Waals surface area (Å²) in [5, 5.41) is 18.2. The van der Waals surface area contributed by atoms with Gasteiger partial charge in [-0.2, -0.15) is 5.26 Å². The Hall–Kier alpha value is -2.83. The van der Waals surface area contributed by atoms with Gasteiger partial charge in [0.2, 0.25) is 10.0 Å². The highest BCUT2D eigenvalue weighted by atomic mass is 32.2. The van der Waals surface area contributed by atoms with Crippen LogP contribution < -0.4 is 10.3 Å². The molecule has 0 aliphatic rings. The van der Waals surface area contributed by atoms with Crippen LogP contribution in [0.2, 0.25) is 0 Å². The lowest BCUT2D eigenvalue weighted by molar-refractivity contribution is 0.444. The number of benzene rings is 1. The molecule has 1 heterocycles. The second kappa shape index (κ2) is 13.3. The molecule has 0 saturated carbocycles. The SMILES string of the molecule is CCCCC(CC)CNS(=O)(=O)c1ccccc1N=Nc1c(C)c(C#N)c(=O)n(CCCC)c1C. The number of hydrogen-bond acceptors (Lipinski definition) is 6. The Bertz CT molecular complexity index is 1240. The zero-order chi connectivity index (χ0) is 26.0. The Labute approximate surface area is 209 Å². The number of rotatable bonds is 13. The van der Waals surface area contributed by atoms with E-state index in [2.05, 4.69) is 28.8 Å². The maximum absolute atomic E-state index is 13.1. The van der Waals surface area contributed by atoms with Crippen molar-refractivity contribution in [2.75, 3.05) is 6.54 Å². The molecule has 1 unspecified atom stereocenters. The van der Waals surface area contributed by atoms with Crippen LogP contribution in [0.3, 0.4) is 0 Å². The largest absolute Gasteiger partial charge is 0.310 e. The van der Waals surface area contributed by atoms with Crippen LogP contribution in [0.1, 0.15) is 76.1 Å². The van der Waals surface area contributed by atoms with Gasteiger partial charge in [0, 0.05) is 24.3 Å². The Morgan fingerprint density at radius 1 is 1.09 bits per heavy atom. The van der Waals surface area contributed by atoms with Crippen molar-refractivity contribution in [2.24, 2.45) is 16.1 Å². The minimum atomic E-state index is -3.80. The molecule has 0 bridgehead atoms. The number of azo groups is 1. The molecule has 1 aromatic heterocycles. The molecule has 8 nitrogen and oxygen atoms in total. The van der Waals surface area contributed by atoms with E-state index in [0.717, 1.165) is 38.5 Å². The van der Waals surface area contributed by atoms with Gasteiger partial charge in [0.1, 0.15) is 27.9 Å². The van der Waals surface area contributed by atoms with Gasteiger partial charge in [0.25, 0.3) is 5.56 Å². The van der Waals surface area contributed by atoms with E-state index in [9.17, 15) is 18.5 Å². The van der Waals surface area contributed by atoms with Gasteiger partial charge in [-0.1, -0.05) is 58.6 Å². The van der Waals surface area contributed by atoms with E-state index in [1.807, 2.05) is 13.0 Å². The smallest absolute Gasteiger partial charge is 0.269 e. The molecular formula is C26H37N5O3S. The van der Waals surface area contributed by atoms with Gasteiger partial charge in [-0.25, -0.2) is 13.1 Å². The predicted molar refractivity (Wildman–Crippen MR) is 139 cm³/mol. The maximum atomic E-state index is 13.1. The average molecular weight is 500 g/mol. The van der Waals surface area contributed by atoms with Crippen LogP contribution in [0.25, 0.3) is 0 Å². The molecular weight excluding hydrogens is 462 g/mol. The normalized spacial score (nSPS) is 12.7. The van der Waals surface area contributed by atoms with Gasteiger partial charge in [-0.3, -0.25) is 4.79 Å². The number of nitrogens with zero attached hydrogens (tertiary/aromatic N) is 4. The molecule has 1 aromatic carbocycles. The van der Waals surface area contributed by atoms with Crippen molar-refractivity contribution in [2.45, 2.75) is 84.6 Å². The lowest BCUT2D eigenvalue weighted by atomic mass is 10.00. The molecule has 2 rings (SSSR count). The van der Waals surface area contributed by atoms with Crippen LogP contribution in [-0.4, -0.2) is 19.5 Å². The van der Waals surface area contributed by atoms with Gasteiger partial charge in [-0.05, 0) is 44.7 Å². The van der Waals surface area contributed by atoms with Crippen LogP contribution in [-0.2, 0) is 16.6 Å². The van der Waals surface area contributed by atoms with Crippen LogP contribution >= 0.6 is 0 Å². The van der Waals surface area contributed by atoms with Crippen LogP contribution in [0, 0.1) is 31.1 Å². The van der Waals surface area contributed by atoms with E-state index < -0.39 is 10.0 Å². The summed E-state index contributed by atoms with van der Waals surface area (Å²) in [7, 11) is -3.80. The second-order valence-corrected chi connectivity index (χ2v) is 10.5. The highest BCUT2D eigenvalue weighted by Crippen LogP contribution is 2.30. The molecule has 0 saturated heterocycles. The standard InChI is InChI=1S/C26H37N5O3S/c1-6-9-13-21(8-3)18-28-35(33,34)24-15-12-11-14-23(24)29-30-25-19(4)22(17-27)26(32)31(20(25)5)16-10-7-2/h11-12,14-15,21,28H,6-10,13,16,18H2,1-5H3. The lowest BCUT2D eigenvalue weighted by Gasteiger charge is -2.16. The first-order valence-electron chi connectivity index (χ1n) is 12.4. The molecule has 0 fully saturated rings. The van der Waals surface area contributed by atoms with Crippen molar-refractivity contribution < 1.29 is 8.42 Å². The molecule has 0 aliphatic heterocycles. The van der Waals surface area contributed by atoms with Crippen molar-refractivity contribution in [1.29, 1.82) is 5.26 Å². The van der Waals surface area contributed by atoms with Crippen molar-refractivity contribution in [1.82, 2.24) is 9.29 Å². The van der Waals surface area contributed by atoms with Crippen molar-refractivity contribution >= 4 is 21.4 Å². The van der Waals surface area contributed by atoms with Gasteiger partial charge in [0.05, 0.1) is 0 Å². The summed E-state index contributed by atoms with van der Waals surface area (Å²) < 4.78 is 30.5. The third-order valence-electron chi connectivity index (χ3n) is 6.30.